The number of nitrogen functional groups attached to an aromatic ring is 1. The van der Waals surface area contributed by atoms with Gasteiger partial charge >= 0.3 is 0 Å². The van der Waals surface area contributed by atoms with Gasteiger partial charge in [-0.1, -0.05) is 19.1 Å². The SMILES string of the molecule is CCC(C)OCc1ccc(-c2c(C#N)c(N)[nH]c(=O)c2C#N)cc1F. The summed E-state index contributed by atoms with van der Waals surface area (Å²) in [4.78, 5) is 14.2. The summed E-state index contributed by atoms with van der Waals surface area (Å²) in [6, 6.07) is 7.82. The van der Waals surface area contributed by atoms with E-state index in [-0.39, 0.29) is 40.8 Å². The predicted molar refractivity (Wildman–Crippen MR) is 90.8 cm³/mol. The number of rotatable bonds is 5. The molecule has 0 aliphatic heterocycles. The van der Waals surface area contributed by atoms with Gasteiger partial charge in [-0.25, -0.2) is 4.39 Å². The molecule has 1 unspecified atom stereocenters. The van der Waals surface area contributed by atoms with Crippen LogP contribution in [-0.4, -0.2) is 11.1 Å². The first-order valence-electron chi connectivity index (χ1n) is 7.69. The number of anilines is 1. The Bertz CT molecular complexity index is 938. The number of pyridine rings is 1. The molecule has 6 nitrogen and oxygen atoms in total. The van der Waals surface area contributed by atoms with Crippen molar-refractivity contribution in [2.45, 2.75) is 33.0 Å². The highest BCUT2D eigenvalue weighted by Crippen LogP contribution is 2.29. The molecule has 3 N–H and O–H groups in total. The van der Waals surface area contributed by atoms with Gasteiger partial charge in [-0.3, -0.25) is 4.79 Å². The minimum absolute atomic E-state index is 0.00180. The first-order chi connectivity index (χ1) is 11.9. The maximum absolute atomic E-state index is 14.4. The molecule has 0 spiro atoms. The van der Waals surface area contributed by atoms with Gasteiger partial charge in [-0.05, 0) is 25.0 Å². The number of aromatic nitrogens is 1. The quantitative estimate of drug-likeness (QED) is 0.868. The summed E-state index contributed by atoms with van der Waals surface area (Å²) in [6.45, 7) is 3.97. The smallest absolute Gasteiger partial charge is 0.268 e. The van der Waals surface area contributed by atoms with Crippen LogP contribution in [0.3, 0.4) is 0 Å². The largest absolute Gasteiger partial charge is 0.384 e. The van der Waals surface area contributed by atoms with Crippen molar-refractivity contribution >= 4 is 5.82 Å². The summed E-state index contributed by atoms with van der Waals surface area (Å²) < 4.78 is 19.9. The van der Waals surface area contributed by atoms with Crippen LogP contribution < -0.4 is 11.3 Å². The number of hydrogen-bond acceptors (Lipinski definition) is 5. The highest BCUT2D eigenvalue weighted by molar-refractivity contribution is 5.80. The Kier molecular flexibility index (Phi) is 5.53. The standard InChI is InChI=1S/C18H17FN4O2/c1-3-10(2)25-9-12-5-4-11(6-15(12)19)16-13(7-20)17(22)23-18(24)14(16)8-21/h4-6,10H,3,9H2,1-2H3,(H3,22,23,24). The summed E-state index contributed by atoms with van der Waals surface area (Å²) in [5.41, 5.74) is 5.19. The third-order valence-corrected chi connectivity index (χ3v) is 3.91. The number of halogens is 1. The second kappa shape index (κ2) is 7.61. The molecule has 1 aromatic carbocycles. The summed E-state index contributed by atoms with van der Waals surface area (Å²) in [5, 5.41) is 18.5. The average molecular weight is 340 g/mol. The van der Waals surface area contributed by atoms with Gasteiger partial charge in [-0.2, -0.15) is 10.5 Å². The number of ether oxygens (including phenoxy) is 1. The predicted octanol–water partition coefficient (Wildman–Crippen LogP) is 2.82. The molecule has 7 heteroatoms. The molecule has 0 saturated carbocycles. The molecular weight excluding hydrogens is 323 g/mol. The fourth-order valence-electron chi connectivity index (χ4n) is 2.30. The Labute approximate surface area is 144 Å². The topological polar surface area (TPSA) is 116 Å². The van der Waals surface area contributed by atoms with E-state index in [1.165, 1.54) is 18.2 Å². The Morgan fingerprint density at radius 2 is 2.00 bits per heavy atom. The molecule has 25 heavy (non-hydrogen) atoms. The van der Waals surface area contributed by atoms with Crippen molar-refractivity contribution < 1.29 is 9.13 Å². The fourth-order valence-corrected chi connectivity index (χ4v) is 2.30. The molecule has 0 bridgehead atoms. The van der Waals surface area contributed by atoms with Gasteiger partial charge < -0.3 is 15.5 Å². The van der Waals surface area contributed by atoms with Gasteiger partial charge in [0.15, 0.2) is 0 Å². The number of hydrogen-bond donors (Lipinski definition) is 2. The van der Waals surface area contributed by atoms with E-state index in [0.717, 1.165) is 6.42 Å². The minimum Gasteiger partial charge on any atom is -0.384 e. The van der Waals surface area contributed by atoms with E-state index in [2.05, 4.69) is 4.98 Å². The maximum atomic E-state index is 14.4. The molecule has 0 radical (unpaired) electrons. The Balaban J connectivity index is 2.54. The summed E-state index contributed by atoms with van der Waals surface area (Å²) in [5.74, 6) is -0.710. The summed E-state index contributed by atoms with van der Waals surface area (Å²) in [7, 11) is 0. The molecule has 2 rings (SSSR count). The Morgan fingerprint density at radius 3 is 2.56 bits per heavy atom. The lowest BCUT2D eigenvalue weighted by Gasteiger charge is -2.13. The van der Waals surface area contributed by atoms with Gasteiger partial charge in [0.1, 0.15) is 34.9 Å². The highest BCUT2D eigenvalue weighted by Gasteiger charge is 2.19. The molecule has 0 saturated heterocycles. The van der Waals surface area contributed by atoms with Crippen molar-refractivity contribution in [3.05, 3.63) is 51.1 Å². The van der Waals surface area contributed by atoms with Crippen LogP contribution >= 0.6 is 0 Å². The number of nitrogens with one attached hydrogen (secondary N) is 1. The lowest BCUT2D eigenvalue weighted by atomic mass is 9.95. The second-order valence-corrected chi connectivity index (χ2v) is 5.55. The van der Waals surface area contributed by atoms with Gasteiger partial charge in [0.05, 0.1) is 12.7 Å². The number of benzene rings is 1. The van der Waals surface area contributed by atoms with Gasteiger partial charge in [0.25, 0.3) is 5.56 Å². The van der Waals surface area contributed by atoms with Crippen LogP contribution in [0.25, 0.3) is 11.1 Å². The van der Waals surface area contributed by atoms with Crippen LogP contribution in [0.4, 0.5) is 10.2 Å². The van der Waals surface area contributed by atoms with Crippen LogP contribution in [0.1, 0.15) is 37.0 Å². The van der Waals surface area contributed by atoms with Crippen molar-refractivity contribution in [1.29, 1.82) is 10.5 Å². The van der Waals surface area contributed by atoms with Crippen molar-refractivity contribution in [2.24, 2.45) is 0 Å². The van der Waals surface area contributed by atoms with E-state index in [4.69, 9.17) is 10.5 Å². The number of nitrogens with two attached hydrogens (primary N) is 1. The molecule has 2 aromatic rings. The number of nitrogens with zero attached hydrogens (tertiary/aromatic N) is 2. The first-order valence-corrected chi connectivity index (χ1v) is 7.69. The lowest BCUT2D eigenvalue weighted by molar-refractivity contribution is 0.0492. The zero-order valence-electron chi connectivity index (χ0n) is 13.9. The zero-order valence-corrected chi connectivity index (χ0v) is 13.9. The van der Waals surface area contributed by atoms with Gasteiger partial charge in [0, 0.05) is 11.1 Å². The van der Waals surface area contributed by atoms with Crippen molar-refractivity contribution in [3.8, 4) is 23.3 Å². The molecule has 0 aliphatic carbocycles. The Hall–Kier alpha value is -3.16. The molecule has 1 atom stereocenters. The zero-order chi connectivity index (χ0) is 18.6. The molecule has 0 aliphatic rings. The van der Waals surface area contributed by atoms with Gasteiger partial charge in [0.2, 0.25) is 0 Å². The van der Waals surface area contributed by atoms with E-state index < -0.39 is 11.4 Å². The van der Waals surface area contributed by atoms with Gasteiger partial charge in [-0.15, -0.1) is 0 Å². The molecule has 1 heterocycles. The minimum atomic E-state index is -0.724. The third kappa shape index (κ3) is 3.68. The van der Waals surface area contributed by atoms with E-state index in [1.807, 2.05) is 19.9 Å². The molecule has 128 valence electrons. The molecule has 0 amide bonds. The normalized spacial score (nSPS) is 11.6. The average Bonchev–Trinajstić information content (AvgIpc) is 2.59. The number of nitriles is 2. The third-order valence-electron chi connectivity index (χ3n) is 3.91. The first kappa shape index (κ1) is 18.2. The van der Waals surface area contributed by atoms with Crippen LogP contribution in [0.2, 0.25) is 0 Å². The number of aromatic amines is 1. The highest BCUT2D eigenvalue weighted by atomic mass is 19.1. The molecular formula is C18H17FN4O2. The van der Waals surface area contributed by atoms with Crippen LogP contribution in [0.15, 0.2) is 23.0 Å². The Morgan fingerprint density at radius 1 is 1.32 bits per heavy atom. The fraction of sp³-hybridized carbons (Fsp3) is 0.278. The number of H-pyrrole nitrogens is 1. The second-order valence-electron chi connectivity index (χ2n) is 5.55. The molecule has 0 fully saturated rings. The monoisotopic (exact) mass is 340 g/mol. The van der Waals surface area contributed by atoms with E-state index in [0.29, 0.717) is 5.56 Å². The van der Waals surface area contributed by atoms with Crippen molar-refractivity contribution in [3.63, 3.8) is 0 Å². The van der Waals surface area contributed by atoms with Crippen LogP contribution in [0, 0.1) is 28.5 Å². The maximum Gasteiger partial charge on any atom is 0.268 e. The van der Waals surface area contributed by atoms with Crippen LogP contribution in [0.5, 0.6) is 0 Å². The summed E-state index contributed by atoms with van der Waals surface area (Å²) in [6.07, 6.45) is 0.810. The van der Waals surface area contributed by atoms with E-state index in [1.54, 1.807) is 6.07 Å². The van der Waals surface area contributed by atoms with Crippen molar-refractivity contribution in [1.82, 2.24) is 4.98 Å². The summed E-state index contributed by atoms with van der Waals surface area (Å²) >= 11 is 0. The van der Waals surface area contributed by atoms with E-state index >= 15 is 0 Å². The van der Waals surface area contributed by atoms with Crippen LogP contribution in [-0.2, 0) is 11.3 Å². The van der Waals surface area contributed by atoms with Crippen molar-refractivity contribution in [2.75, 3.05) is 5.73 Å². The lowest BCUT2D eigenvalue weighted by Crippen LogP contribution is -2.16. The molecule has 1 aromatic heterocycles. The van der Waals surface area contributed by atoms with E-state index in [9.17, 15) is 19.7 Å².